The lowest BCUT2D eigenvalue weighted by Crippen LogP contribution is -1.99. The van der Waals surface area contributed by atoms with E-state index in [-0.39, 0.29) is 0 Å². The fourth-order valence-corrected chi connectivity index (χ4v) is 1.56. The molecule has 1 aromatic rings. The van der Waals surface area contributed by atoms with Crippen molar-refractivity contribution in [1.82, 2.24) is 4.98 Å². The molecule has 3 heteroatoms. The zero-order valence-corrected chi connectivity index (χ0v) is 9.39. The molecule has 1 aromatic heterocycles. The van der Waals surface area contributed by atoms with Crippen LogP contribution in [0.15, 0.2) is 22.8 Å². The van der Waals surface area contributed by atoms with Crippen LogP contribution in [0.5, 0.6) is 0 Å². The van der Waals surface area contributed by atoms with E-state index >= 15 is 0 Å². The molecule has 0 amide bonds. The SMILES string of the molecule is CC(Br)Cc1ncccc1Br. The van der Waals surface area contributed by atoms with Crippen LogP contribution in [0.4, 0.5) is 0 Å². The minimum Gasteiger partial charge on any atom is -0.260 e. The van der Waals surface area contributed by atoms with Gasteiger partial charge < -0.3 is 0 Å². The number of alkyl halides is 1. The number of rotatable bonds is 2. The van der Waals surface area contributed by atoms with Gasteiger partial charge >= 0.3 is 0 Å². The lowest BCUT2D eigenvalue weighted by Gasteiger charge is -2.03. The van der Waals surface area contributed by atoms with Crippen LogP contribution in [0.25, 0.3) is 0 Å². The van der Waals surface area contributed by atoms with Crippen molar-refractivity contribution in [2.75, 3.05) is 0 Å². The van der Waals surface area contributed by atoms with Crippen molar-refractivity contribution < 1.29 is 0 Å². The van der Waals surface area contributed by atoms with Crippen LogP contribution in [0.3, 0.4) is 0 Å². The van der Waals surface area contributed by atoms with Crippen LogP contribution in [0, 0.1) is 0 Å². The highest BCUT2D eigenvalue weighted by Crippen LogP contribution is 2.16. The van der Waals surface area contributed by atoms with Gasteiger partial charge in [0.15, 0.2) is 0 Å². The zero-order chi connectivity index (χ0) is 8.27. The van der Waals surface area contributed by atoms with Gasteiger partial charge in [-0.25, -0.2) is 0 Å². The van der Waals surface area contributed by atoms with Crippen molar-refractivity contribution in [3.8, 4) is 0 Å². The first-order valence-corrected chi connectivity index (χ1v) is 5.14. The highest BCUT2D eigenvalue weighted by Gasteiger charge is 2.02. The van der Waals surface area contributed by atoms with Gasteiger partial charge in [0.1, 0.15) is 0 Å². The Morgan fingerprint density at radius 3 is 2.91 bits per heavy atom. The van der Waals surface area contributed by atoms with Crippen LogP contribution in [-0.2, 0) is 6.42 Å². The van der Waals surface area contributed by atoms with Gasteiger partial charge in [-0.3, -0.25) is 4.98 Å². The lowest BCUT2D eigenvalue weighted by atomic mass is 10.2. The smallest absolute Gasteiger partial charge is 0.0556 e. The Labute approximate surface area is 83.5 Å². The van der Waals surface area contributed by atoms with Gasteiger partial charge in [-0.15, -0.1) is 0 Å². The lowest BCUT2D eigenvalue weighted by molar-refractivity contribution is 0.907. The minimum absolute atomic E-state index is 0.480. The maximum absolute atomic E-state index is 4.24. The predicted octanol–water partition coefficient (Wildman–Crippen LogP) is 3.17. The Kier molecular flexibility index (Phi) is 3.52. The molecule has 0 radical (unpaired) electrons. The maximum atomic E-state index is 4.24. The molecule has 0 aliphatic rings. The van der Waals surface area contributed by atoms with Crippen LogP contribution >= 0.6 is 31.9 Å². The van der Waals surface area contributed by atoms with Crippen LogP contribution in [0.1, 0.15) is 12.6 Å². The predicted molar refractivity (Wildman–Crippen MR) is 54.0 cm³/mol. The van der Waals surface area contributed by atoms with Gasteiger partial charge in [0, 0.05) is 21.9 Å². The molecule has 0 spiro atoms. The van der Waals surface area contributed by atoms with E-state index in [1.54, 1.807) is 0 Å². The van der Waals surface area contributed by atoms with E-state index in [9.17, 15) is 0 Å². The van der Waals surface area contributed by atoms with E-state index in [2.05, 4.69) is 43.8 Å². The quantitative estimate of drug-likeness (QED) is 0.758. The molecule has 1 atom stereocenters. The van der Waals surface area contributed by atoms with Crippen LogP contribution in [0.2, 0.25) is 0 Å². The third kappa shape index (κ3) is 2.91. The van der Waals surface area contributed by atoms with Crippen molar-refractivity contribution in [3.05, 3.63) is 28.5 Å². The molecule has 0 aliphatic heterocycles. The standard InChI is InChI=1S/C8H9Br2N/c1-6(9)5-8-7(10)3-2-4-11-8/h2-4,6H,5H2,1H3. The number of pyridine rings is 1. The molecule has 0 saturated carbocycles. The summed E-state index contributed by atoms with van der Waals surface area (Å²) in [6.07, 6.45) is 2.77. The number of aromatic nitrogens is 1. The highest BCUT2D eigenvalue weighted by molar-refractivity contribution is 9.10. The van der Waals surface area contributed by atoms with E-state index in [0.29, 0.717) is 4.83 Å². The summed E-state index contributed by atoms with van der Waals surface area (Å²) in [7, 11) is 0. The molecule has 0 aliphatic carbocycles. The molecule has 0 N–H and O–H groups in total. The van der Waals surface area contributed by atoms with Gasteiger partial charge in [0.05, 0.1) is 5.69 Å². The topological polar surface area (TPSA) is 12.9 Å². The summed E-state index contributed by atoms with van der Waals surface area (Å²) in [5.74, 6) is 0. The zero-order valence-electron chi connectivity index (χ0n) is 6.22. The van der Waals surface area contributed by atoms with Crippen molar-refractivity contribution in [2.24, 2.45) is 0 Å². The number of hydrogen-bond donors (Lipinski definition) is 0. The van der Waals surface area contributed by atoms with Gasteiger partial charge in [0.2, 0.25) is 0 Å². The number of halogens is 2. The molecule has 0 saturated heterocycles. The first-order valence-electron chi connectivity index (χ1n) is 3.43. The van der Waals surface area contributed by atoms with Crippen molar-refractivity contribution >= 4 is 31.9 Å². The average Bonchev–Trinajstić information content (AvgIpc) is 1.93. The second-order valence-electron chi connectivity index (χ2n) is 2.42. The first-order chi connectivity index (χ1) is 5.20. The highest BCUT2D eigenvalue weighted by atomic mass is 79.9. The summed E-state index contributed by atoms with van der Waals surface area (Å²) < 4.78 is 1.09. The fraction of sp³-hybridized carbons (Fsp3) is 0.375. The maximum Gasteiger partial charge on any atom is 0.0556 e. The Hall–Kier alpha value is 0.110. The van der Waals surface area contributed by atoms with E-state index in [1.807, 2.05) is 18.3 Å². The summed E-state index contributed by atoms with van der Waals surface area (Å²) in [6.45, 7) is 2.11. The van der Waals surface area contributed by atoms with Gasteiger partial charge in [-0.1, -0.05) is 22.9 Å². The molecule has 1 rings (SSSR count). The summed E-state index contributed by atoms with van der Waals surface area (Å²) in [6, 6.07) is 3.93. The second kappa shape index (κ2) is 4.21. The molecule has 0 bridgehead atoms. The molecular formula is C8H9Br2N. The van der Waals surface area contributed by atoms with Gasteiger partial charge in [-0.2, -0.15) is 0 Å². The molecule has 11 heavy (non-hydrogen) atoms. The molecule has 1 heterocycles. The molecule has 1 unspecified atom stereocenters. The Morgan fingerprint density at radius 1 is 1.64 bits per heavy atom. The molecule has 1 nitrogen and oxygen atoms in total. The third-order valence-corrected chi connectivity index (χ3v) is 2.36. The van der Waals surface area contributed by atoms with Crippen molar-refractivity contribution in [1.29, 1.82) is 0 Å². The van der Waals surface area contributed by atoms with E-state index < -0.39 is 0 Å². The van der Waals surface area contributed by atoms with E-state index in [1.165, 1.54) is 0 Å². The van der Waals surface area contributed by atoms with Crippen LogP contribution < -0.4 is 0 Å². The van der Waals surface area contributed by atoms with E-state index in [0.717, 1.165) is 16.6 Å². The van der Waals surface area contributed by atoms with Crippen LogP contribution in [-0.4, -0.2) is 9.81 Å². The molecule has 0 aromatic carbocycles. The normalized spacial score (nSPS) is 13.0. The number of hydrogen-bond acceptors (Lipinski definition) is 1. The van der Waals surface area contributed by atoms with Crippen molar-refractivity contribution in [2.45, 2.75) is 18.2 Å². The Balaban J connectivity index is 2.78. The van der Waals surface area contributed by atoms with Crippen molar-refractivity contribution in [3.63, 3.8) is 0 Å². The molecular weight excluding hydrogens is 270 g/mol. The summed E-state index contributed by atoms with van der Waals surface area (Å²) in [5.41, 5.74) is 1.11. The molecule has 60 valence electrons. The van der Waals surface area contributed by atoms with E-state index in [4.69, 9.17) is 0 Å². The average molecular weight is 279 g/mol. The minimum atomic E-state index is 0.480. The second-order valence-corrected chi connectivity index (χ2v) is 4.83. The monoisotopic (exact) mass is 277 g/mol. The Bertz CT molecular complexity index is 235. The Morgan fingerprint density at radius 2 is 2.36 bits per heavy atom. The van der Waals surface area contributed by atoms with Gasteiger partial charge in [0.25, 0.3) is 0 Å². The summed E-state index contributed by atoms with van der Waals surface area (Å²) in [4.78, 5) is 4.72. The van der Waals surface area contributed by atoms with Gasteiger partial charge in [-0.05, 0) is 28.1 Å². The third-order valence-electron chi connectivity index (χ3n) is 1.31. The molecule has 0 fully saturated rings. The summed E-state index contributed by atoms with van der Waals surface area (Å²) in [5, 5.41) is 0. The number of nitrogens with zero attached hydrogens (tertiary/aromatic N) is 1. The first kappa shape index (κ1) is 9.20. The summed E-state index contributed by atoms with van der Waals surface area (Å²) >= 11 is 6.93. The largest absolute Gasteiger partial charge is 0.260 e. The fourth-order valence-electron chi connectivity index (χ4n) is 0.835.